The van der Waals surface area contributed by atoms with Crippen LogP contribution in [-0.2, 0) is 13.2 Å². The van der Waals surface area contributed by atoms with E-state index in [4.69, 9.17) is 30.4 Å². The number of amides is 3. The molecule has 0 saturated heterocycles. The zero-order valence-corrected chi connectivity index (χ0v) is 38.2. The molecule has 2 aliphatic heterocycles. The molecule has 17 nitrogen and oxygen atoms in total. The number of carbonyl (C=O) groups is 4. The summed E-state index contributed by atoms with van der Waals surface area (Å²) in [5.74, 6) is -0.991. The Morgan fingerprint density at radius 2 is 1.17 bits per heavy atom. The molecule has 0 saturated carbocycles. The van der Waals surface area contributed by atoms with Gasteiger partial charge in [-0.05, 0) is 83.6 Å². The van der Waals surface area contributed by atoms with E-state index in [1.165, 1.54) is 36.9 Å². The van der Waals surface area contributed by atoms with Crippen LogP contribution in [0.4, 0.5) is 0 Å². The summed E-state index contributed by atoms with van der Waals surface area (Å²) in [4.78, 5) is 50.4. The molecule has 0 unspecified atom stereocenters. The number of carboxylic acid groups (broad SMARTS) is 1. The Bertz CT molecular complexity index is 2690. The van der Waals surface area contributed by atoms with Crippen LogP contribution in [0.3, 0.4) is 0 Å². The van der Waals surface area contributed by atoms with Gasteiger partial charge in [0.1, 0.15) is 36.2 Å². The van der Waals surface area contributed by atoms with E-state index >= 15 is 0 Å². The maximum atomic E-state index is 13.3. The SMILES string of the molecule is C.CNC(C)(C)C.COc1cc2c(cc1C(N)=O)-c1c(c(C(=O)N(C)C(C)(C)C)nn1-c1ccsc1)CO2.COc1cc2c(cc1C(N)=O)-c1c(c(C(=O)O)nn1-c1ccsc1)CO2. The van der Waals surface area contributed by atoms with Gasteiger partial charge in [-0.2, -0.15) is 32.9 Å². The normalized spacial score (nSPS) is 12.1. The van der Waals surface area contributed by atoms with Crippen LogP contribution in [0.25, 0.3) is 33.9 Å². The van der Waals surface area contributed by atoms with Crippen LogP contribution in [0, 0.1) is 0 Å². The number of carboxylic acids is 1. The van der Waals surface area contributed by atoms with E-state index in [9.17, 15) is 24.3 Å². The molecule has 6 N–H and O–H groups in total. The third-order valence-electron chi connectivity index (χ3n) is 10.3. The molecule has 340 valence electrons. The zero-order valence-electron chi connectivity index (χ0n) is 36.6. The Morgan fingerprint density at radius 3 is 1.50 bits per heavy atom. The average molecular weight is 915 g/mol. The van der Waals surface area contributed by atoms with Gasteiger partial charge in [0.05, 0.1) is 53.7 Å². The number of methoxy groups -OCH3 is 2. The standard InChI is InChI=1S/C22H24N4O4S.C17H13N3O5S.C5H13N.CH4/c1-22(2,3)25(4)21(28)18-15-10-30-17-9-16(29-5)14(20(23)27)8-13(17)19(15)26(24-18)12-6-7-31-11-12;1-24-12-5-13-9(4-10(12)16(18)21)15-11(6-25-13)14(17(22)23)19-20(15)8-2-3-26-7-8;1-5(2,3)6-4;/h6-9,11H,10H2,1-5H3,(H2,23,27);2-5,7H,6H2,1H3,(H2,18,21)(H,22,23);6H,1-4H3;1H4. The molecule has 0 fully saturated rings. The fourth-order valence-corrected chi connectivity index (χ4v) is 7.65. The highest BCUT2D eigenvalue weighted by Crippen LogP contribution is 2.45. The molecule has 0 bridgehead atoms. The molecule has 0 atom stereocenters. The molecule has 0 spiro atoms. The van der Waals surface area contributed by atoms with Gasteiger partial charge in [0.15, 0.2) is 11.4 Å². The molecule has 0 radical (unpaired) electrons. The number of hydrogen-bond acceptors (Lipinski definition) is 13. The van der Waals surface area contributed by atoms with Crippen molar-refractivity contribution in [1.29, 1.82) is 0 Å². The predicted molar refractivity (Wildman–Crippen MR) is 247 cm³/mol. The largest absolute Gasteiger partial charge is 0.496 e. The minimum absolute atomic E-state index is 0. The number of nitrogens with two attached hydrogens (primary N) is 2. The van der Waals surface area contributed by atoms with Gasteiger partial charge in [0.25, 0.3) is 17.7 Å². The molecule has 3 amide bonds. The van der Waals surface area contributed by atoms with Gasteiger partial charge in [-0.25, -0.2) is 14.2 Å². The van der Waals surface area contributed by atoms with E-state index in [-0.39, 0.29) is 48.9 Å². The summed E-state index contributed by atoms with van der Waals surface area (Å²) >= 11 is 2.99. The third kappa shape index (κ3) is 9.60. The van der Waals surface area contributed by atoms with E-state index in [0.717, 1.165) is 11.4 Å². The van der Waals surface area contributed by atoms with Gasteiger partial charge in [0.2, 0.25) is 0 Å². The van der Waals surface area contributed by atoms with Gasteiger partial charge >= 0.3 is 5.97 Å². The van der Waals surface area contributed by atoms with E-state index < -0.39 is 17.8 Å². The summed E-state index contributed by atoms with van der Waals surface area (Å²) in [7, 11) is 6.61. The Hall–Kier alpha value is -6.70. The van der Waals surface area contributed by atoms with E-state index in [1.54, 1.807) is 45.6 Å². The summed E-state index contributed by atoms with van der Waals surface area (Å²) in [6.07, 6.45) is 0. The van der Waals surface area contributed by atoms with E-state index in [1.807, 2.05) is 61.5 Å². The number of nitrogens with zero attached hydrogens (tertiary/aromatic N) is 5. The van der Waals surface area contributed by atoms with Gasteiger partial charge in [-0.3, -0.25) is 14.4 Å². The number of ether oxygens (including phenoxy) is 4. The smallest absolute Gasteiger partial charge is 0.356 e. The fourth-order valence-electron chi connectivity index (χ4n) is 6.42. The maximum absolute atomic E-state index is 13.3. The summed E-state index contributed by atoms with van der Waals surface area (Å²) in [5, 5.41) is 29.2. The Morgan fingerprint density at radius 1 is 0.766 bits per heavy atom. The highest BCUT2D eigenvalue weighted by atomic mass is 32.1. The lowest BCUT2D eigenvalue weighted by Gasteiger charge is -2.31. The van der Waals surface area contributed by atoms with Crippen molar-refractivity contribution < 1.29 is 43.2 Å². The van der Waals surface area contributed by atoms with Crippen LogP contribution in [0.2, 0.25) is 0 Å². The zero-order chi connectivity index (χ0) is 46.1. The molecule has 6 heterocycles. The molecule has 8 rings (SSSR count). The molecule has 0 aliphatic carbocycles. The summed E-state index contributed by atoms with van der Waals surface area (Å²) < 4.78 is 25.5. The number of fused-ring (bicyclic) bond motifs is 6. The topological polar surface area (TPSA) is 228 Å². The van der Waals surface area contributed by atoms with Crippen molar-refractivity contribution in [3.63, 3.8) is 0 Å². The average Bonchev–Trinajstić information content (AvgIpc) is 4.08. The van der Waals surface area contributed by atoms with Gasteiger partial charge < -0.3 is 45.7 Å². The Labute approximate surface area is 379 Å². The van der Waals surface area contributed by atoms with Crippen molar-refractivity contribution in [2.75, 3.05) is 28.3 Å². The second-order valence-corrected chi connectivity index (χ2v) is 17.9. The van der Waals surface area contributed by atoms with Gasteiger partial charge in [-0.15, -0.1) is 0 Å². The molecule has 2 aliphatic rings. The lowest BCUT2D eigenvalue weighted by molar-refractivity contribution is 0.0644. The number of benzene rings is 2. The summed E-state index contributed by atoms with van der Waals surface area (Å²) in [6, 6.07) is 10.2. The predicted octanol–water partition coefficient (Wildman–Crippen LogP) is 7.41. The summed E-state index contributed by atoms with van der Waals surface area (Å²) in [5.41, 5.74) is 16.7. The highest BCUT2D eigenvalue weighted by Gasteiger charge is 2.35. The molecule has 6 aromatic rings. The van der Waals surface area contributed by atoms with Crippen LogP contribution in [0.1, 0.15) is 102 Å². The molecule has 19 heteroatoms. The molecular weight excluding hydrogens is 861 g/mol. The number of thiophene rings is 2. The molecule has 2 aromatic carbocycles. The number of primary amides is 2. The van der Waals surface area contributed by atoms with Crippen LogP contribution in [0.5, 0.6) is 23.0 Å². The van der Waals surface area contributed by atoms with Crippen molar-refractivity contribution in [3.05, 3.63) is 91.6 Å². The number of aromatic nitrogens is 4. The van der Waals surface area contributed by atoms with Crippen LogP contribution < -0.4 is 35.7 Å². The lowest BCUT2D eigenvalue weighted by Crippen LogP contribution is -2.43. The second kappa shape index (κ2) is 19.0. The fraction of sp³-hybridized carbons (Fsp3) is 0.333. The Balaban J connectivity index is 0.000000213. The van der Waals surface area contributed by atoms with Crippen molar-refractivity contribution in [2.45, 2.75) is 73.3 Å². The molecule has 4 aromatic heterocycles. The van der Waals surface area contributed by atoms with Crippen LogP contribution in [-0.4, -0.2) is 92.7 Å². The van der Waals surface area contributed by atoms with Crippen molar-refractivity contribution >= 4 is 46.4 Å². The first kappa shape index (κ1) is 48.3. The number of aromatic carboxylic acids is 1. The molecule has 64 heavy (non-hydrogen) atoms. The summed E-state index contributed by atoms with van der Waals surface area (Å²) in [6.45, 7) is 12.5. The number of hydrogen-bond donors (Lipinski definition) is 4. The first-order valence-electron chi connectivity index (χ1n) is 19.5. The number of rotatable bonds is 8. The number of carbonyl (C=O) groups excluding carboxylic acids is 3. The number of nitrogens with one attached hydrogen (secondary N) is 1. The Kier molecular flexibility index (Phi) is 14.3. The van der Waals surface area contributed by atoms with Crippen molar-refractivity contribution in [3.8, 4) is 56.9 Å². The first-order chi connectivity index (χ1) is 29.7. The van der Waals surface area contributed by atoms with E-state index in [2.05, 4.69) is 36.3 Å². The van der Waals surface area contributed by atoms with Crippen molar-refractivity contribution in [2.24, 2.45) is 11.5 Å². The van der Waals surface area contributed by atoms with Crippen LogP contribution in [0.15, 0.2) is 57.9 Å². The minimum atomic E-state index is -1.15. The quantitative estimate of drug-likeness (QED) is 0.117. The van der Waals surface area contributed by atoms with Gasteiger partial charge in [-0.1, -0.05) is 7.43 Å². The monoisotopic (exact) mass is 914 g/mol. The van der Waals surface area contributed by atoms with Gasteiger partial charge in [0, 0.05) is 57.7 Å². The minimum Gasteiger partial charge on any atom is -0.496 e. The first-order valence-corrected chi connectivity index (χ1v) is 21.4. The lowest BCUT2D eigenvalue weighted by atomic mass is 9.98. The third-order valence-corrected chi connectivity index (χ3v) is 11.7. The highest BCUT2D eigenvalue weighted by molar-refractivity contribution is 7.08. The molecular formula is C45H54N8O9S2. The van der Waals surface area contributed by atoms with Crippen molar-refractivity contribution in [1.82, 2.24) is 29.8 Å². The maximum Gasteiger partial charge on any atom is 0.356 e. The second-order valence-electron chi connectivity index (χ2n) is 16.4. The van der Waals surface area contributed by atoms with Crippen LogP contribution >= 0.6 is 22.7 Å². The van der Waals surface area contributed by atoms with E-state index in [0.29, 0.717) is 67.9 Å².